The Hall–Kier alpha value is -2.41. The van der Waals surface area contributed by atoms with Crippen molar-refractivity contribution in [3.63, 3.8) is 0 Å². The lowest BCUT2D eigenvalue weighted by molar-refractivity contribution is -0.123. The van der Waals surface area contributed by atoms with Crippen molar-refractivity contribution in [3.05, 3.63) is 59.2 Å². The maximum absolute atomic E-state index is 13.4. The number of likely N-dealkylation sites (tertiary alicyclic amines) is 1. The van der Waals surface area contributed by atoms with Gasteiger partial charge in [0, 0.05) is 38.9 Å². The van der Waals surface area contributed by atoms with Crippen LogP contribution in [0.2, 0.25) is 0 Å². The Kier molecular flexibility index (Phi) is 10.6. The fraction of sp³-hybridized carbons (Fsp3) is 0.594. The second kappa shape index (κ2) is 14.1. The van der Waals surface area contributed by atoms with Gasteiger partial charge in [-0.25, -0.2) is 0 Å². The van der Waals surface area contributed by atoms with Crippen molar-refractivity contribution in [1.82, 2.24) is 4.90 Å². The number of benzene rings is 2. The molecule has 208 valence electrons. The van der Waals surface area contributed by atoms with Crippen molar-refractivity contribution in [2.24, 2.45) is 11.8 Å². The van der Waals surface area contributed by atoms with Crippen molar-refractivity contribution >= 4 is 11.6 Å². The molecule has 1 heterocycles. The van der Waals surface area contributed by atoms with Gasteiger partial charge in [0.25, 0.3) is 0 Å². The molecule has 0 radical (unpaired) electrons. The molecule has 1 saturated heterocycles. The number of carbonyl (C=O) groups excluding carboxylic acids is 1. The summed E-state index contributed by atoms with van der Waals surface area (Å²) < 4.78 is 16.9. The Morgan fingerprint density at radius 2 is 1.87 bits per heavy atom. The largest absolute Gasteiger partial charge is 0.490 e. The van der Waals surface area contributed by atoms with E-state index in [9.17, 15) is 4.79 Å². The molecule has 1 amide bonds. The lowest BCUT2D eigenvalue weighted by Gasteiger charge is -2.32. The molecule has 2 aromatic rings. The summed E-state index contributed by atoms with van der Waals surface area (Å²) in [5.74, 6) is 1.92. The van der Waals surface area contributed by atoms with Gasteiger partial charge < -0.3 is 19.1 Å². The van der Waals surface area contributed by atoms with Gasteiger partial charge in [0.05, 0.1) is 25.9 Å². The maximum atomic E-state index is 13.4. The molecule has 1 saturated carbocycles. The summed E-state index contributed by atoms with van der Waals surface area (Å²) >= 11 is 0. The Morgan fingerprint density at radius 3 is 2.61 bits per heavy atom. The number of nitrogens with zero attached hydrogens (tertiary/aromatic N) is 2. The molecular formula is C32H46N2O4. The Labute approximate surface area is 229 Å². The number of anilines is 1. The van der Waals surface area contributed by atoms with E-state index in [0.29, 0.717) is 19.8 Å². The van der Waals surface area contributed by atoms with Gasteiger partial charge in [-0.15, -0.1) is 0 Å². The second-order valence-electron chi connectivity index (χ2n) is 11.3. The van der Waals surface area contributed by atoms with Crippen molar-refractivity contribution in [3.8, 4) is 5.75 Å². The van der Waals surface area contributed by atoms with Crippen LogP contribution in [0.5, 0.6) is 5.75 Å². The van der Waals surface area contributed by atoms with Gasteiger partial charge in [-0.3, -0.25) is 9.69 Å². The van der Waals surface area contributed by atoms with Crippen LogP contribution in [0.15, 0.2) is 42.5 Å². The van der Waals surface area contributed by atoms with Gasteiger partial charge in [-0.1, -0.05) is 25.1 Å². The molecule has 2 aliphatic rings. The smallest absolute Gasteiger partial charge is 0.229 e. The standard InChI is InChI=1S/C32H46N2O4/c1-24-7-6-16-34(21-24)22-28-10-13-29(19-25(28)2)33(3)32(35)27-11-14-30(15-12-27)38-31-9-5-8-26(20-31)23-37-18-17-36-4/h5,8-10,13,19-20,24,27,30H,6-7,11-12,14-18,21-23H2,1-4H3/t24-,27?,30?/m1/s1. The van der Waals surface area contributed by atoms with Crippen molar-refractivity contribution in [2.75, 3.05) is 45.4 Å². The third kappa shape index (κ3) is 8.05. The monoisotopic (exact) mass is 522 g/mol. The average molecular weight is 523 g/mol. The molecule has 38 heavy (non-hydrogen) atoms. The van der Waals surface area contributed by atoms with Crippen LogP contribution in [0.3, 0.4) is 0 Å². The van der Waals surface area contributed by atoms with Crippen LogP contribution in [0.1, 0.15) is 62.1 Å². The first kappa shape index (κ1) is 28.6. The van der Waals surface area contributed by atoms with E-state index < -0.39 is 0 Å². The number of methoxy groups -OCH3 is 1. The predicted molar refractivity (Wildman–Crippen MR) is 153 cm³/mol. The van der Waals surface area contributed by atoms with Gasteiger partial charge in [-0.05, 0) is 98.9 Å². The third-order valence-electron chi connectivity index (χ3n) is 8.10. The molecule has 0 spiro atoms. The fourth-order valence-electron chi connectivity index (χ4n) is 5.80. The van der Waals surface area contributed by atoms with Crippen LogP contribution in [-0.4, -0.2) is 57.4 Å². The van der Waals surface area contributed by atoms with Gasteiger partial charge in [0.1, 0.15) is 5.75 Å². The van der Waals surface area contributed by atoms with E-state index in [4.69, 9.17) is 14.2 Å². The van der Waals surface area contributed by atoms with Crippen LogP contribution in [0, 0.1) is 18.8 Å². The highest BCUT2D eigenvalue weighted by atomic mass is 16.5. The number of hydrogen-bond acceptors (Lipinski definition) is 5. The first-order chi connectivity index (χ1) is 18.4. The molecule has 2 aromatic carbocycles. The summed E-state index contributed by atoms with van der Waals surface area (Å²) in [6.07, 6.45) is 6.28. The topological polar surface area (TPSA) is 51.2 Å². The summed E-state index contributed by atoms with van der Waals surface area (Å²) in [7, 11) is 3.60. The van der Waals surface area contributed by atoms with Crippen LogP contribution < -0.4 is 9.64 Å². The lowest BCUT2D eigenvalue weighted by atomic mass is 9.86. The zero-order valence-electron chi connectivity index (χ0n) is 23.8. The van der Waals surface area contributed by atoms with Crippen LogP contribution >= 0.6 is 0 Å². The average Bonchev–Trinajstić information content (AvgIpc) is 2.92. The van der Waals surface area contributed by atoms with E-state index in [-0.39, 0.29) is 17.9 Å². The van der Waals surface area contributed by atoms with Crippen LogP contribution in [0.25, 0.3) is 0 Å². The fourth-order valence-corrected chi connectivity index (χ4v) is 5.80. The minimum atomic E-state index is 0.0511. The zero-order chi connectivity index (χ0) is 26.9. The second-order valence-corrected chi connectivity index (χ2v) is 11.3. The van der Waals surface area contributed by atoms with Gasteiger partial charge in [0.15, 0.2) is 0 Å². The lowest BCUT2D eigenvalue weighted by Crippen LogP contribution is -2.37. The van der Waals surface area contributed by atoms with Crippen molar-refractivity contribution in [1.29, 1.82) is 0 Å². The van der Waals surface area contributed by atoms with Crippen LogP contribution in [0.4, 0.5) is 5.69 Å². The summed E-state index contributed by atoms with van der Waals surface area (Å²) in [4.78, 5) is 17.8. The van der Waals surface area contributed by atoms with E-state index in [0.717, 1.165) is 55.1 Å². The molecule has 0 N–H and O–H groups in total. The SMILES string of the molecule is COCCOCc1cccc(OC2CCC(C(=O)N(C)c3ccc(CN4CCC[C@@H](C)C4)c(C)c3)CC2)c1. The molecule has 1 atom stereocenters. The molecule has 6 heteroatoms. The molecule has 6 nitrogen and oxygen atoms in total. The summed E-state index contributed by atoms with van der Waals surface area (Å²) in [5, 5.41) is 0. The summed E-state index contributed by atoms with van der Waals surface area (Å²) in [6.45, 7) is 9.61. The first-order valence-corrected chi connectivity index (χ1v) is 14.3. The molecule has 2 fully saturated rings. The quantitative estimate of drug-likeness (QED) is 0.339. The molecule has 0 bridgehead atoms. The normalized spacial score (nSPS) is 22.3. The third-order valence-corrected chi connectivity index (χ3v) is 8.10. The highest BCUT2D eigenvalue weighted by Crippen LogP contribution is 2.31. The molecular weight excluding hydrogens is 476 g/mol. The Balaban J connectivity index is 1.25. The number of piperidine rings is 1. The van der Waals surface area contributed by atoms with Crippen molar-refractivity contribution < 1.29 is 19.0 Å². The van der Waals surface area contributed by atoms with E-state index in [2.05, 4.69) is 43.0 Å². The summed E-state index contributed by atoms with van der Waals surface area (Å²) in [5.41, 5.74) is 4.72. The summed E-state index contributed by atoms with van der Waals surface area (Å²) in [6, 6.07) is 14.6. The molecule has 1 aliphatic heterocycles. The highest BCUT2D eigenvalue weighted by Gasteiger charge is 2.30. The van der Waals surface area contributed by atoms with E-state index >= 15 is 0 Å². The number of hydrogen-bond donors (Lipinski definition) is 0. The number of carbonyl (C=O) groups is 1. The van der Waals surface area contributed by atoms with Crippen LogP contribution in [-0.2, 0) is 27.4 Å². The Morgan fingerprint density at radius 1 is 1.05 bits per heavy atom. The minimum absolute atomic E-state index is 0.0511. The van der Waals surface area contributed by atoms with E-state index in [1.807, 2.05) is 30.1 Å². The number of amides is 1. The number of rotatable bonds is 11. The molecule has 1 aliphatic carbocycles. The minimum Gasteiger partial charge on any atom is -0.490 e. The molecule has 4 rings (SSSR count). The zero-order valence-corrected chi connectivity index (χ0v) is 23.8. The number of ether oxygens (including phenoxy) is 3. The van der Waals surface area contributed by atoms with Crippen molar-refractivity contribution in [2.45, 2.75) is 71.6 Å². The molecule has 0 unspecified atom stereocenters. The molecule has 0 aromatic heterocycles. The van der Waals surface area contributed by atoms with E-state index in [1.165, 1.54) is 37.1 Å². The number of aryl methyl sites for hydroxylation is 1. The predicted octanol–water partition coefficient (Wildman–Crippen LogP) is 5.99. The Bertz CT molecular complexity index is 1030. The first-order valence-electron chi connectivity index (χ1n) is 14.3. The van der Waals surface area contributed by atoms with E-state index in [1.54, 1.807) is 7.11 Å². The van der Waals surface area contributed by atoms with Gasteiger partial charge in [0.2, 0.25) is 5.91 Å². The van der Waals surface area contributed by atoms with Gasteiger partial charge >= 0.3 is 0 Å². The van der Waals surface area contributed by atoms with Gasteiger partial charge in [-0.2, -0.15) is 0 Å². The highest BCUT2D eigenvalue weighted by molar-refractivity contribution is 5.94. The maximum Gasteiger partial charge on any atom is 0.229 e.